The van der Waals surface area contributed by atoms with E-state index in [2.05, 4.69) is 63.8 Å². The number of aryl methyl sites for hydroxylation is 1. The maximum absolute atomic E-state index is 4.84. The Hall–Kier alpha value is -2.02. The Balaban J connectivity index is 1.79. The van der Waals surface area contributed by atoms with Gasteiger partial charge in [-0.15, -0.1) is 21.5 Å². The zero-order chi connectivity index (χ0) is 16.8. The summed E-state index contributed by atoms with van der Waals surface area (Å²) in [5.41, 5.74) is 0. The van der Waals surface area contributed by atoms with Gasteiger partial charge < -0.3 is 9.47 Å². The van der Waals surface area contributed by atoms with Crippen molar-refractivity contribution < 1.29 is 0 Å². The van der Waals surface area contributed by atoms with Gasteiger partial charge in [-0.3, -0.25) is 0 Å². The zero-order valence-corrected chi connectivity index (χ0v) is 15.3. The summed E-state index contributed by atoms with van der Waals surface area (Å²) in [4.78, 5) is 12.9. The lowest BCUT2D eigenvalue weighted by atomic mass is 10.1. The molecule has 0 saturated carbocycles. The van der Waals surface area contributed by atoms with Crippen LogP contribution in [-0.4, -0.2) is 31.3 Å². The zero-order valence-electron chi connectivity index (χ0n) is 14.5. The normalized spacial score (nSPS) is 17.7. The third-order valence-electron chi connectivity index (χ3n) is 4.67. The standard InChI is InChI=1S/C17H22N6S/c1-5-13-18-16(12-6-9-24-17(12)19-13)22-7-8-23-14(10(2)3)20-21-15(23)11(22)4/h6,9-11H,5,7-8H2,1-4H3. The molecule has 0 N–H and O–H groups in total. The van der Waals surface area contributed by atoms with Gasteiger partial charge in [-0.25, -0.2) is 9.97 Å². The molecule has 0 saturated heterocycles. The van der Waals surface area contributed by atoms with Gasteiger partial charge in [0.15, 0.2) is 5.82 Å². The van der Waals surface area contributed by atoms with Gasteiger partial charge in [0.05, 0.1) is 11.4 Å². The molecule has 0 fully saturated rings. The van der Waals surface area contributed by atoms with Crippen molar-refractivity contribution in [3.05, 3.63) is 28.9 Å². The fourth-order valence-corrected chi connectivity index (χ4v) is 4.16. The minimum absolute atomic E-state index is 0.154. The van der Waals surface area contributed by atoms with Crippen molar-refractivity contribution in [2.24, 2.45) is 0 Å². The topological polar surface area (TPSA) is 59.7 Å². The molecule has 0 radical (unpaired) electrons. The molecular formula is C17H22N6S. The summed E-state index contributed by atoms with van der Waals surface area (Å²) in [6, 6.07) is 2.28. The maximum atomic E-state index is 4.84. The molecule has 0 aliphatic carbocycles. The van der Waals surface area contributed by atoms with Crippen LogP contribution in [0, 0.1) is 0 Å². The number of hydrogen-bond donors (Lipinski definition) is 0. The lowest BCUT2D eigenvalue weighted by Gasteiger charge is -2.35. The molecule has 1 atom stereocenters. The van der Waals surface area contributed by atoms with Crippen molar-refractivity contribution in [2.75, 3.05) is 11.4 Å². The van der Waals surface area contributed by atoms with Crippen LogP contribution < -0.4 is 4.90 Å². The number of rotatable bonds is 3. The molecule has 0 amide bonds. The van der Waals surface area contributed by atoms with E-state index in [1.165, 1.54) is 0 Å². The summed E-state index contributed by atoms with van der Waals surface area (Å²) in [7, 11) is 0. The first kappa shape index (κ1) is 15.5. The van der Waals surface area contributed by atoms with Gasteiger partial charge in [0.2, 0.25) is 0 Å². The monoisotopic (exact) mass is 342 g/mol. The molecule has 3 aromatic heterocycles. The fraction of sp³-hybridized carbons (Fsp3) is 0.529. The second-order valence-electron chi connectivity index (χ2n) is 6.55. The quantitative estimate of drug-likeness (QED) is 0.728. The van der Waals surface area contributed by atoms with Gasteiger partial charge in [-0.1, -0.05) is 20.8 Å². The van der Waals surface area contributed by atoms with E-state index in [1.54, 1.807) is 11.3 Å². The first-order valence-corrected chi connectivity index (χ1v) is 9.41. The van der Waals surface area contributed by atoms with E-state index in [0.29, 0.717) is 5.92 Å². The predicted octanol–water partition coefficient (Wildman–Crippen LogP) is 3.55. The Morgan fingerprint density at radius 1 is 1.25 bits per heavy atom. The van der Waals surface area contributed by atoms with Gasteiger partial charge in [-0.05, 0) is 18.4 Å². The molecule has 24 heavy (non-hydrogen) atoms. The molecule has 7 heteroatoms. The fourth-order valence-electron chi connectivity index (χ4n) is 3.38. The molecule has 126 valence electrons. The minimum Gasteiger partial charge on any atom is -0.344 e. The van der Waals surface area contributed by atoms with Crippen LogP contribution in [0.1, 0.15) is 57.1 Å². The summed E-state index contributed by atoms with van der Waals surface area (Å²) in [5, 5.41) is 12.1. The highest BCUT2D eigenvalue weighted by Crippen LogP contribution is 2.35. The highest BCUT2D eigenvalue weighted by Gasteiger charge is 2.31. The average molecular weight is 342 g/mol. The lowest BCUT2D eigenvalue weighted by molar-refractivity contribution is 0.477. The first-order valence-electron chi connectivity index (χ1n) is 8.54. The van der Waals surface area contributed by atoms with E-state index in [9.17, 15) is 0 Å². The number of anilines is 1. The van der Waals surface area contributed by atoms with Crippen molar-refractivity contribution in [3.63, 3.8) is 0 Å². The van der Waals surface area contributed by atoms with Gasteiger partial charge in [0.25, 0.3) is 0 Å². The Morgan fingerprint density at radius 2 is 2.08 bits per heavy atom. The Kier molecular flexibility index (Phi) is 3.75. The molecule has 0 spiro atoms. The third kappa shape index (κ3) is 2.30. The van der Waals surface area contributed by atoms with Crippen LogP contribution in [-0.2, 0) is 13.0 Å². The summed E-state index contributed by atoms with van der Waals surface area (Å²) in [6.45, 7) is 10.4. The molecule has 0 bridgehead atoms. The molecule has 1 aliphatic rings. The second kappa shape index (κ2) is 5.81. The highest BCUT2D eigenvalue weighted by molar-refractivity contribution is 7.16. The summed E-state index contributed by atoms with van der Waals surface area (Å²) in [5.74, 6) is 4.44. The number of thiophene rings is 1. The number of nitrogens with zero attached hydrogens (tertiary/aromatic N) is 6. The van der Waals surface area contributed by atoms with Crippen LogP contribution in [0.4, 0.5) is 5.82 Å². The van der Waals surface area contributed by atoms with Gasteiger partial charge >= 0.3 is 0 Å². The smallest absolute Gasteiger partial charge is 0.155 e. The molecule has 1 unspecified atom stereocenters. The molecule has 0 aromatic carbocycles. The van der Waals surface area contributed by atoms with E-state index >= 15 is 0 Å². The van der Waals surface area contributed by atoms with Crippen LogP contribution in [0.5, 0.6) is 0 Å². The SMILES string of the molecule is CCc1nc(N2CCn3c(C(C)C)nnc3C2C)c2ccsc2n1. The van der Waals surface area contributed by atoms with E-state index in [0.717, 1.165) is 53.0 Å². The highest BCUT2D eigenvalue weighted by atomic mass is 32.1. The molecule has 4 rings (SSSR count). The second-order valence-corrected chi connectivity index (χ2v) is 7.44. The predicted molar refractivity (Wildman–Crippen MR) is 96.7 cm³/mol. The third-order valence-corrected chi connectivity index (χ3v) is 5.48. The van der Waals surface area contributed by atoms with Crippen LogP contribution in [0.25, 0.3) is 10.2 Å². The van der Waals surface area contributed by atoms with Crippen molar-refractivity contribution in [2.45, 2.75) is 52.6 Å². The Morgan fingerprint density at radius 3 is 2.83 bits per heavy atom. The Labute approximate surface area is 145 Å². The van der Waals surface area contributed by atoms with Crippen molar-refractivity contribution in [1.82, 2.24) is 24.7 Å². The first-order chi connectivity index (χ1) is 11.6. The summed E-state index contributed by atoms with van der Waals surface area (Å²) in [6.07, 6.45) is 0.844. The molecule has 4 heterocycles. The number of hydrogen-bond acceptors (Lipinski definition) is 6. The van der Waals surface area contributed by atoms with Crippen LogP contribution >= 0.6 is 11.3 Å². The van der Waals surface area contributed by atoms with Crippen molar-refractivity contribution in [1.29, 1.82) is 0 Å². The van der Waals surface area contributed by atoms with Crippen LogP contribution in [0.2, 0.25) is 0 Å². The van der Waals surface area contributed by atoms with Gasteiger partial charge in [0, 0.05) is 25.4 Å². The summed E-state index contributed by atoms with van der Waals surface area (Å²) < 4.78 is 2.28. The number of fused-ring (bicyclic) bond motifs is 2. The van der Waals surface area contributed by atoms with Crippen LogP contribution in [0.15, 0.2) is 11.4 Å². The van der Waals surface area contributed by atoms with Crippen molar-refractivity contribution in [3.8, 4) is 0 Å². The van der Waals surface area contributed by atoms with Gasteiger partial charge in [-0.2, -0.15) is 0 Å². The molecule has 6 nitrogen and oxygen atoms in total. The Bertz CT molecular complexity index is 880. The number of aromatic nitrogens is 5. The molecule has 1 aliphatic heterocycles. The lowest BCUT2D eigenvalue weighted by Crippen LogP contribution is -2.38. The maximum Gasteiger partial charge on any atom is 0.155 e. The summed E-state index contributed by atoms with van der Waals surface area (Å²) >= 11 is 1.68. The molecule has 3 aromatic rings. The largest absolute Gasteiger partial charge is 0.344 e. The van der Waals surface area contributed by atoms with E-state index in [4.69, 9.17) is 4.98 Å². The average Bonchev–Trinajstić information content (AvgIpc) is 3.21. The van der Waals surface area contributed by atoms with E-state index in [-0.39, 0.29) is 6.04 Å². The minimum atomic E-state index is 0.154. The van der Waals surface area contributed by atoms with Crippen LogP contribution in [0.3, 0.4) is 0 Å². The molecular weight excluding hydrogens is 320 g/mol. The van der Waals surface area contributed by atoms with E-state index < -0.39 is 0 Å². The van der Waals surface area contributed by atoms with Gasteiger partial charge in [0.1, 0.15) is 22.3 Å². The van der Waals surface area contributed by atoms with E-state index in [1.807, 2.05) is 0 Å². The van der Waals surface area contributed by atoms with Crippen molar-refractivity contribution >= 4 is 27.4 Å².